The first-order valence-electron chi connectivity index (χ1n) is 8.54. The van der Waals surface area contributed by atoms with Crippen molar-refractivity contribution in [1.29, 1.82) is 0 Å². The summed E-state index contributed by atoms with van der Waals surface area (Å²) in [5.41, 5.74) is 2.72. The fourth-order valence-electron chi connectivity index (χ4n) is 3.52. The molecule has 0 bridgehead atoms. The van der Waals surface area contributed by atoms with Crippen LogP contribution in [0.15, 0.2) is 53.4 Å². The van der Waals surface area contributed by atoms with E-state index in [9.17, 15) is 13.2 Å². The number of hydrogen-bond acceptors (Lipinski definition) is 3. The van der Waals surface area contributed by atoms with Gasteiger partial charge in [0.15, 0.2) is 9.84 Å². The van der Waals surface area contributed by atoms with E-state index in [0.717, 1.165) is 24.0 Å². The van der Waals surface area contributed by atoms with E-state index in [4.69, 9.17) is 0 Å². The van der Waals surface area contributed by atoms with E-state index in [0.29, 0.717) is 17.0 Å². The average Bonchev–Trinajstić information content (AvgIpc) is 3.01. The van der Waals surface area contributed by atoms with Crippen molar-refractivity contribution in [1.82, 2.24) is 4.90 Å². The molecule has 0 aliphatic carbocycles. The van der Waals surface area contributed by atoms with Gasteiger partial charge in [-0.05, 0) is 51.0 Å². The Morgan fingerprint density at radius 2 is 1.72 bits per heavy atom. The predicted molar refractivity (Wildman–Crippen MR) is 98.5 cm³/mol. The van der Waals surface area contributed by atoms with Gasteiger partial charge in [-0.1, -0.05) is 35.4 Å². The van der Waals surface area contributed by atoms with E-state index in [1.54, 1.807) is 35.2 Å². The highest BCUT2D eigenvalue weighted by Crippen LogP contribution is 2.24. The van der Waals surface area contributed by atoms with Crippen LogP contribution in [0.5, 0.6) is 0 Å². The summed E-state index contributed by atoms with van der Waals surface area (Å²) < 4.78 is 25.3. The van der Waals surface area contributed by atoms with Crippen LogP contribution in [0.2, 0.25) is 0 Å². The number of nitrogens with zero attached hydrogens (tertiary/aromatic N) is 1. The zero-order valence-corrected chi connectivity index (χ0v) is 15.4. The minimum Gasteiger partial charge on any atom is -0.335 e. The van der Waals surface area contributed by atoms with E-state index in [1.807, 2.05) is 32.0 Å². The van der Waals surface area contributed by atoms with E-state index < -0.39 is 9.84 Å². The molecule has 132 valence electrons. The van der Waals surface area contributed by atoms with Gasteiger partial charge in [-0.3, -0.25) is 4.79 Å². The number of rotatable bonds is 4. The number of hydrogen-bond donors (Lipinski definition) is 0. The van der Waals surface area contributed by atoms with Gasteiger partial charge < -0.3 is 4.90 Å². The Kier molecular flexibility index (Phi) is 4.95. The summed E-state index contributed by atoms with van der Waals surface area (Å²) in [6.07, 6.45) is 1.56. The number of benzene rings is 2. The second kappa shape index (κ2) is 7.00. The average molecular weight is 357 g/mol. The van der Waals surface area contributed by atoms with Gasteiger partial charge in [0.2, 0.25) is 0 Å². The van der Waals surface area contributed by atoms with Crippen LogP contribution < -0.4 is 0 Å². The van der Waals surface area contributed by atoms with Gasteiger partial charge in [-0.15, -0.1) is 0 Å². The van der Waals surface area contributed by atoms with Crippen LogP contribution in [0.25, 0.3) is 0 Å². The monoisotopic (exact) mass is 357 g/mol. The molecule has 2 aromatic carbocycles. The highest BCUT2D eigenvalue weighted by atomic mass is 32.2. The molecule has 5 heteroatoms. The molecule has 0 saturated carbocycles. The van der Waals surface area contributed by atoms with Gasteiger partial charge in [0, 0.05) is 18.2 Å². The Bertz CT molecular complexity index is 855. The van der Waals surface area contributed by atoms with Crippen molar-refractivity contribution in [3.8, 4) is 0 Å². The smallest absolute Gasteiger partial charge is 0.254 e. The van der Waals surface area contributed by atoms with Crippen LogP contribution in [-0.2, 0) is 9.84 Å². The highest BCUT2D eigenvalue weighted by Gasteiger charge is 2.33. The summed E-state index contributed by atoms with van der Waals surface area (Å²) in [5.74, 6) is -0.0920. The Hall–Kier alpha value is -2.14. The lowest BCUT2D eigenvalue weighted by Crippen LogP contribution is -2.39. The second-order valence-electron chi connectivity index (χ2n) is 6.77. The van der Waals surface area contributed by atoms with Gasteiger partial charge in [-0.25, -0.2) is 8.42 Å². The molecule has 0 spiro atoms. The molecule has 1 amide bonds. The summed E-state index contributed by atoms with van der Waals surface area (Å²) in [5, 5.41) is 0. The lowest BCUT2D eigenvalue weighted by atomic mass is 10.1. The van der Waals surface area contributed by atoms with Crippen molar-refractivity contribution in [2.24, 2.45) is 0 Å². The second-order valence-corrected chi connectivity index (χ2v) is 8.80. The first-order valence-corrected chi connectivity index (χ1v) is 10.2. The third-order valence-electron chi connectivity index (χ3n) is 4.62. The first-order chi connectivity index (χ1) is 11.9. The van der Waals surface area contributed by atoms with Gasteiger partial charge in [0.05, 0.1) is 10.6 Å². The third kappa shape index (κ3) is 3.93. The van der Waals surface area contributed by atoms with Gasteiger partial charge >= 0.3 is 0 Å². The van der Waals surface area contributed by atoms with Crippen molar-refractivity contribution in [3.63, 3.8) is 0 Å². The zero-order chi connectivity index (χ0) is 18.0. The highest BCUT2D eigenvalue weighted by molar-refractivity contribution is 7.91. The molecule has 1 saturated heterocycles. The molecule has 2 aromatic rings. The molecule has 4 nitrogen and oxygen atoms in total. The van der Waals surface area contributed by atoms with Crippen molar-refractivity contribution >= 4 is 15.7 Å². The molecule has 1 unspecified atom stereocenters. The van der Waals surface area contributed by atoms with Crippen LogP contribution in [0.4, 0.5) is 0 Å². The SMILES string of the molecule is Cc1cc(C)cc(C(=O)N2CCCC2CS(=O)(=O)c2ccccc2)c1. The van der Waals surface area contributed by atoms with Crippen molar-refractivity contribution in [2.75, 3.05) is 12.3 Å². The zero-order valence-electron chi connectivity index (χ0n) is 14.6. The van der Waals surface area contributed by atoms with Crippen molar-refractivity contribution < 1.29 is 13.2 Å². The van der Waals surface area contributed by atoms with Crippen LogP contribution in [0.1, 0.15) is 34.3 Å². The summed E-state index contributed by atoms with van der Waals surface area (Å²) in [7, 11) is -3.40. The Morgan fingerprint density at radius 1 is 1.08 bits per heavy atom. The van der Waals surface area contributed by atoms with E-state index in [2.05, 4.69) is 0 Å². The maximum Gasteiger partial charge on any atom is 0.254 e. The summed E-state index contributed by atoms with van der Waals surface area (Å²) >= 11 is 0. The van der Waals surface area contributed by atoms with Crippen LogP contribution in [-0.4, -0.2) is 37.6 Å². The normalized spacial score (nSPS) is 17.7. The molecule has 0 N–H and O–H groups in total. The Labute approximate surface area is 149 Å². The molecular weight excluding hydrogens is 334 g/mol. The molecule has 0 aromatic heterocycles. The Morgan fingerprint density at radius 3 is 2.36 bits per heavy atom. The van der Waals surface area contributed by atoms with E-state index >= 15 is 0 Å². The number of likely N-dealkylation sites (tertiary alicyclic amines) is 1. The lowest BCUT2D eigenvalue weighted by molar-refractivity contribution is 0.0749. The van der Waals surface area contributed by atoms with Crippen molar-refractivity contribution in [2.45, 2.75) is 37.6 Å². The number of amides is 1. The maximum absolute atomic E-state index is 12.9. The van der Waals surface area contributed by atoms with Crippen LogP contribution in [0, 0.1) is 13.8 Å². The minimum atomic E-state index is -3.40. The van der Waals surface area contributed by atoms with Gasteiger partial charge in [0.1, 0.15) is 0 Å². The third-order valence-corrected chi connectivity index (χ3v) is 6.43. The summed E-state index contributed by atoms with van der Waals surface area (Å²) in [6, 6.07) is 14.0. The quantitative estimate of drug-likeness (QED) is 0.843. The van der Waals surface area contributed by atoms with Gasteiger partial charge in [-0.2, -0.15) is 0 Å². The van der Waals surface area contributed by atoms with Crippen LogP contribution in [0.3, 0.4) is 0 Å². The molecule has 1 aliphatic heterocycles. The fraction of sp³-hybridized carbons (Fsp3) is 0.350. The maximum atomic E-state index is 12.9. The van der Waals surface area contributed by atoms with E-state index in [-0.39, 0.29) is 17.7 Å². The van der Waals surface area contributed by atoms with Gasteiger partial charge in [0.25, 0.3) is 5.91 Å². The number of sulfone groups is 1. The summed E-state index contributed by atoms with van der Waals surface area (Å²) in [4.78, 5) is 15.0. The van der Waals surface area contributed by atoms with Crippen LogP contribution >= 0.6 is 0 Å². The molecule has 1 atom stereocenters. The largest absolute Gasteiger partial charge is 0.335 e. The number of aryl methyl sites for hydroxylation is 2. The first kappa shape index (κ1) is 17.7. The molecule has 1 aliphatic rings. The molecule has 1 fully saturated rings. The van der Waals surface area contributed by atoms with Crippen molar-refractivity contribution in [3.05, 3.63) is 65.2 Å². The molecular formula is C20H23NO3S. The molecule has 25 heavy (non-hydrogen) atoms. The molecule has 3 rings (SSSR count). The topological polar surface area (TPSA) is 54.5 Å². The minimum absolute atomic E-state index is 0.0203. The number of carbonyl (C=O) groups is 1. The molecule has 0 radical (unpaired) electrons. The Balaban J connectivity index is 1.82. The lowest BCUT2D eigenvalue weighted by Gasteiger charge is -2.25. The summed E-state index contributed by atoms with van der Waals surface area (Å²) in [6.45, 7) is 4.54. The predicted octanol–water partition coefficient (Wildman–Crippen LogP) is 3.38. The standard InChI is InChI=1S/C20H23NO3S/c1-15-11-16(2)13-17(12-15)20(22)21-10-6-7-18(21)14-25(23,24)19-8-4-3-5-9-19/h3-5,8-9,11-13,18H,6-7,10,14H2,1-2H3. The number of carbonyl (C=O) groups excluding carboxylic acids is 1. The van der Waals surface area contributed by atoms with E-state index in [1.165, 1.54) is 0 Å². The fourth-order valence-corrected chi connectivity index (χ4v) is 5.14. The molecule has 1 heterocycles.